The van der Waals surface area contributed by atoms with Crippen molar-refractivity contribution >= 4 is 10.0 Å². The Kier molecular flexibility index (Phi) is 7.93. The summed E-state index contributed by atoms with van der Waals surface area (Å²) in [6.07, 6.45) is 3.00. The average Bonchev–Trinajstić information content (AvgIpc) is 2.49. The molecule has 1 rings (SSSR count). The molecular weight excluding hydrogens is 284 g/mol. The Morgan fingerprint density at radius 3 is 2.38 bits per heavy atom. The number of nitrogens with one attached hydrogen (secondary N) is 2. The summed E-state index contributed by atoms with van der Waals surface area (Å²) in [5, 5.41) is 3.26. The molecule has 0 saturated carbocycles. The molecule has 0 fully saturated rings. The molecular formula is C16H28N2O2S. The van der Waals surface area contributed by atoms with Gasteiger partial charge in [0.15, 0.2) is 0 Å². The fourth-order valence-corrected chi connectivity index (χ4v) is 3.55. The third kappa shape index (κ3) is 5.77. The standard InChI is InChI=1S/C16H28N2O2S/c1-4-11-17-13-15-9-7-8-10-16(15)21(19,20)18-12-14(5-2)6-3/h7-10,14,17-18H,4-6,11-13H2,1-3H3. The first-order chi connectivity index (χ1) is 10.0. The summed E-state index contributed by atoms with van der Waals surface area (Å²) in [6.45, 7) is 8.24. The lowest BCUT2D eigenvalue weighted by atomic mass is 10.0. The molecule has 0 aromatic heterocycles. The Balaban J connectivity index is 2.82. The van der Waals surface area contributed by atoms with E-state index in [2.05, 4.69) is 30.8 Å². The quantitative estimate of drug-likeness (QED) is 0.653. The molecule has 0 atom stereocenters. The van der Waals surface area contributed by atoms with Gasteiger partial charge in [0, 0.05) is 13.1 Å². The molecule has 0 amide bonds. The molecule has 0 bridgehead atoms. The molecule has 4 nitrogen and oxygen atoms in total. The van der Waals surface area contributed by atoms with Crippen molar-refractivity contribution in [1.82, 2.24) is 10.0 Å². The summed E-state index contributed by atoms with van der Waals surface area (Å²) in [6, 6.07) is 7.20. The van der Waals surface area contributed by atoms with E-state index in [4.69, 9.17) is 0 Å². The van der Waals surface area contributed by atoms with Crippen LogP contribution in [0.2, 0.25) is 0 Å². The molecule has 2 N–H and O–H groups in total. The van der Waals surface area contributed by atoms with Crippen LogP contribution in [-0.2, 0) is 16.6 Å². The van der Waals surface area contributed by atoms with Crippen LogP contribution in [0, 0.1) is 5.92 Å². The molecule has 5 heteroatoms. The Labute approximate surface area is 129 Å². The second kappa shape index (κ2) is 9.18. The fraction of sp³-hybridized carbons (Fsp3) is 0.625. The second-order valence-corrected chi connectivity index (χ2v) is 7.05. The molecule has 21 heavy (non-hydrogen) atoms. The number of benzene rings is 1. The van der Waals surface area contributed by atoms with Gasteiger partial charge in [-0.1, -0.05) is 51.8 Å². The van der Waals surface area contributed by atoms with Crippen LogP contribution in [0.4, 0.5) is 0 Å². The Morgan fingerprint density at radius 2 is 1.76 bits per heavy atom. The first-order valence-corrected chi connectivity index (χ1v) is 9.31. The van der Waals surface area contributed by atoms with E-state index >= 15 is 0 Å². The Hall–Kier alpha value is -0.910. The minimum atomic E-state index is -3.43. The lowest BCUT2D eigenvalue weighted by Gasteiger charge is -2.15. The molecule has 0 aliphatic carbocycles. The Bertz CT molecular complexity index is 511. The molecule has 0 radical (unpaired) electrons. The normalized spacial score (nSPS) is 12.0. The van der Waals surface area contributed by atoms with Crippen LogP contribution in [-0.4, -0.2) is 21.5 Å². The van der Waals surface area contributed by atoms with Gasteiger partial charge in [-0.2, -0.15) is 0 Å². The van der Waals surface area contributed by atoms with Gasteiger partial charge in [0.2, 0.25) is 10.0 Å². The highest BCUT2D eigenvalue weighted by Gasteiger charge is 2.18. The largest absolute Gasteiger partial charge is 0.313 e. The van der Waals surface area contributed by atoms with Gasteiger partial charge in [0.25, 0.3) is 0 Å². The van der Waals surface area contributed by atoms with Crippen molar-refractivity contribution in [1.29, 1.82) is 0 Å². The third-order valence-corrected chi connectivity index (χ3v) is 5.25. The smallest absolute Gasteiger partial charge is 0.240 e. The van der Waals surface area contributed by atoms with E-state index in [1.807, 2.05) is 12.1 Å². The van der Waals surface area contributed by atoms with Gasteiger partial charge in [0.1, 0.15) is 0 Å². The number of hydrogen-bond acceptors (Lipinski definition) is 3. The van der Waals surface area contributed by atoms with Crippen LogP contribution in [0.25, 0.3) is 0 Å². The van der Waals surface area contributed by atoms with Crippen LogP contribution >= 0.6 is 0 Å². The zero-order valence-electron chi connectivity index (χ0n) is 13.4. The summed E-state index contributed by atoms with van der Waals surface area (Å²) in [5.41, 5.74) is 0.822. The van der Waals surface area contributed by atoms with Gasteiger partial charge in [-0.25, -0.2) is 13.1 Å². The van der Waals surface area contributed by atoms with Crippen molar-refractivity contribution in [2.24, 2.45) is 5.92 Å². The van der Waals surface area contributed by atoms with Crippen molar-refractivity contribution in [3.63, 3.8) is 0 Å². The summed E-state index contributed by atoms with van der Waals surface area (Å²) < 4.78 is 27.7. The molecule has 0 heterocycles. The van der Waals surface area contributed by atoms with Gasteiger partial charge in [-0.15, -0.1) is 0 Å². The predicted octanol–water partition coefficient (Wildman–Crippen LogP) is 2.90. The van der Waals surface area contributed by atoms with Crippen molar-refractivity contribution < 1.29 is 8.42 Å². The molecule has 0 aliphatic heterocycles. The zero-order valence-corrected chi connectivity index (χ0v) is 14.2. The van der Waals surface area contributed by atoms with Crippen LogP contribution in [0.5, 0.6) is 0 Å². The van der Waals surface area contributed by atoms with Gasteiger partial charge in [-0.3, -0.25) is 0 Å². The highest BCUT2D eigenvalue weighted by atomic mass is 32.2. The minimum absolute atomic E-state index is 0.388. The van der Waals surface area contributed by atoms with Crippen LogP contribution in [0.3, 0.4) is 0 Å². The number of rotatable bonds is 10. The van der Waals surface area contributed by atoms with Crippen LogP contribution < -0.4 is 10.0 Å². The van der Waals surface area contributed by atoms with Crippen molar-refractivity contribution in [2.45, 2.75) is 51.5 Å². The van der Waals surface area contributed by atoms with E-state index in [1.54, 1.807) is 12.1 Å². The summed E-state index contributed by atoms with van der Waals surface area (Å²) in [5.74, 6) is 0.394. The lowest BCUT2D eigenvalue weighted by Crippen LogP contribution is -2.30. The second-order valence-electron chi connectivity index (χ2n) is 5.32. The minimum Gasteiger partial charge on any atom is -0.313 e. The molecule has 1 aromatic rings. The van der Waals surface area contributed by atoms with Crippen molar-refractivity contribution in [3.05, 3.63) is 29.8 Å². The number of sulfonamides is 1. The zero-order chi connectivity index (χ0) is 15.7. The van der Waals surface area contributed by atoms with E-state index < -0.39 is 10.0 Å². The highest BCUT2D eigenvalue weighted by molar-refractivity contribution is 7.89. The van der Waals surface area contributed by atoms with E-state index in [-0.39, 0.29) is 0 Å². The van der Waals surface area contributed by atoms with Gasteiger partial charge < -0.3 is 5.32 Å². The molecule has 0 spiro atoms. The van der Waals surface area contributed by atoms with Crippen molar-refractivity contribution in [2.75, 3.05) is 13.1 Å². The number of hydrogen-bond donors (Lipinski definition) is 2. The SMILES string of the molecule is CCCNCc1ccccc1S(=O)(=O)NCC(CC)CC. The molecule has 0 aliphatic rings. The molecule has 0 unspecified atom stereocenters. The maximum absolute atomic E-state index is 12.5. The highest BCUT2D eigenvalue weighted by Crippen LogP contribution is 2.16. The summed E-state index contributed by atoms with van der Waals surface area (Å²) >= 11 is 0. The van der Waals surface area contributed by atoms with Crippen LogP contribution in [0.15, 0.2) is 29.2 Å². The van der Waals surface area contributed by atoms with Gasteiger partial charge in [0.05, 0.1) is 4.90 Å². The van der Waals surface area contributed by atoms with E-state index in [9.17, 15) is 8.42 Å². The monoisotopic (exact) mass is 312 g/mol. The first kappa shape index (κ1) is 18.1. The fourth-order valence-electron chi connectivity index (χ4n) is 2.19. The van der Waals surface area contributed by atoms with E-state index in [0.29, 0.717) is 23.9 Å². The maximum atomic E-state index is 12.5. The maximum Gasteiger partial charge on any atom is 0.240 e. The van der Waals surface area contributed by atoms with Crippen molar-refractivity contribution in [3.8, 4) is 0 Å². The molecule has 1 aromatic carbocycles. The molecule has 120 valence electrons. The summed E-state index contributed by atoms with van der Waals surface area (Å²) in [7, 11) is -3.43. The van der Waals surface area contributed by atoms with Gasteiger partial charge >= 0.3 is 0 Å². The summed E-state index contributed by atoms with van der Waals surface area (Å²) in [4.78, 5) is 0.388. The van der Waals surface area contributed by atoms with E-state index in [0.717, 1.165) is 31.4 Å². The van der Waals surface area contributed by atoms with Gasteiger partial charge in [-0.05, 0) is 30.5 Å². The first-order valence-electron chi connectivity index (χ1n) is 7.83. The van der Waals surface area contributed by atoms with Crippen LogP contribution in [0.1, 0.15) is 45.6 Å². The molecule has 0 saturated heterocycles. The third-order valence-electron chi connectivity index (χ3n) is 3.72. The Morgan fingerprint density at radius 1 is 1.10 bits per heavy atom. The lowest BCUT2D eigenvalue weighted by molar-refractivity contribution is 0.478. The predicted molar refractivity (Wildman–Crippen MR) is 87.7 cm³/mol. The van der Waals surface area contributed by atoms with E-state index in [1.165, 1.54) is 0 Å². The average molecular weight is 312 g/mol. The topological polar surface area (TPSA) is 58.2 Å².